The number of hydrogen-bond acceptors (Lipinski definition) is 17. The van der Waals surface area contributed by atoms with Gasteiger partial charge in [-0.05, 0) is 18.9 Å². The predicted octanol–water partition coefficient (Wildman–Crippen LogP) is 3.64. The quantitative estimate of drug-likeness (QED) is 0.0783. The summed E-state index contributed by atoms with van der Waals surface area (Å²) in [6.07, 6.45) is 4.01. The highest BCUT2D eigenvalue weighted by Crippen LogP contribution is 2.32. The lowest BCUT2D eigenvalue weighted by Crippen LogP contribution is -2.22. The Morgan fingerprint density at radius 1 is 0.333 bits per heavy atom. The van der Waals surface area contributed by atoms with Crippen molar-refractivity contribution >= 4 is 17.3 Å². The van der Waals surface area contributed by atoms with Crippen LogP contribution in [0.3, 0.4) is 0 Å². The minimum absolute atomic E-state index is 0.0193. The Morgan fingerprint density at radius 3 is 1.03 bits per heavy atom. The van der Waals surface area contributed by atoms with Gasteiger partial charge in [0.1, 0.15) is 0 Å². The van der Waals surface area contributed by atoms with Crippen LogP contribution in [-0.4, -0.2) is 202 Å². The van der Waals surface area contributed by atoms with Crippen LogP contribution >= 0.6 is 0 Å². The first-order valence-corrected chi connectivity index (χ1v) is 22.4. The molecule has 2 N–H and O–H groups in total. The molecule has 0 amide bonds. The molecule has 2 aromatic carbocycles. The predicted molar refractivity (Wildman–Crippen MR) is 234 cm³/mol. The first kappa shape index (κ1) is 54.4. The fourth-order valence-electron chi connectivity index (χ4n) is 6.00. The van der Waals surface area contributed by atoms with Gasteiger partial charge in [0, 0.05) is 35.5 Å². The SMILES string of the molecule is O=C1c2ccccc2C(=O)c2c(NCCCCCCOCCOCCOCCOCCOCCOCCOCCOCCOCCOCCOCCOCCOCCO)cccc21. The number of anilines is 1. The summed E-state index contributed by atoms with van der Waals surface area (Å²) in [5.74, 6) is -0.204. The molecule has 1 aliphatic carbocycles. The number of ketones is 2. The van der Waals surface area contributed by atoms with E-state index >= 15 is 0 Å². The fourth-order valence-corrected chi connectivity index (χ4v) is 6.00. The van der Waals surface area contributed by atoms with E-state index in [4.69, 9.17) is 66.7 Å². The lowest BCUT2D eigenvalue weighted by molar-refractivity contribution is -0.0292. The van der Waals surface area contributed by atoms with Gasteiger partial charge in [-0.2, -0.15) is 0 Å². The van der Waals surface area contributed by atoms with E-state index in [2.05, 4.69) is 5.32 Å². The van der Waals surface area contributed by atoms with E-state index in [1.807, 2.05) is 12.1 Å². The average Bonchev–Trinajstić information content (AvgIpc) is 3.30. The van der Waals surface area contributed by atoms with E-state index in [1.165, 1.54) is 0 Å². The van der Waals surface area contributed by atoms with Crippen molar-refractivity contribution < 1.29 is 76.3 Å². The van der Waals surface area contributed by atoms with Crippen LogP contribution < -0.4 is 5.32 Å². The van der Waals surface area contributed by atoms with E-state index in [0.29, 0.717) is 194 Å². The number of carbonyl (C=O) groups is 2. The zero-order valence-corrected chi connectivity index (χ0v) is 37.2. The zero-order chi connectivity index (χ0) is 44.5. The summed E-state index contributed by atoms with van der Waals surface area (Å²) >= 11 is 0. The first-order chi connectivity index (χ1) is 31.2. The molecular weight excluding hydrogens is 822 g/mol. The number of aliphatic hydroxyl groups is 1. The second-order valence-corrected chi connectivity index (χ2v) is 14.0. The van der Waals surface area contributed by atoms with Crippen molar-refractivity contribution in [3.05, 3.63) is 64.7 Å². The largest absolute Gasteiger partial charge is 0.394 e. The van der Waals surface area contributed by atoms with E-state index in [-0.39, 0.29) is 18.2 Å². The van der Waals surface area contributed by atoms with Crippen molar-refractivity contribution in [1.82, 2.24) is 0 Å². The molecule has 0 heterocycles. The molecule has 0 aliphatic heterocycles. The highest BCUT2D eigenvalue weighted by atomic mass is 16.6. The summed E-state index contributed by atoms with van der Waals surface area (Å²) in [5.41, 5.74) is 2.60. The number of nitrogens with one attached hydrogen (secondary N) is 1. The van der Waals surface area contributed by atoms with Gasteiger partial charge in [-0.1, -0.05) is 49.2 Å². The molecule has 0 saturated heterocycles. The van der Waals surface area contributed by atoms with Gasteiger partial charge in [0.05, 0.1) is 177 Å². The number of fused-ring (bicyclic) bond motifs is 2. The average molecular weight is 896 g/mol. The molecular formula is C46H73NO16. The number of benzene rings is 2. The number of hydrogen-bond donors (Lipinski definition) is 2. The maximum Gasteiger partial charge on any atom is 0.196 e. The maximum atomic E-state index is 13.1. The molecule has 0 spiro atoms. The van der Waals surface area contributed by atoms with E-state index in [9.17, 15) is 9.59 Å². The summed E-state index contributed by atoms with van der Waals surface area (Å²) in [5, 5.41) is 12.0. The Hall–Kier alpha value is -2.98. The summed E-state index contributed by atoms with van der Waals surface area (Å²) in [6, 6.07) is 12.4. The molecule has 63 heavy (non-hydrogen) atoms. The Labute approximate surface area is 373 Å². The molecule has 17 nitrogen and oxygen atoms in total. The molecule has 358 valence electrons. The number of ether oxygens (including phenoxy) is 13. The number of carbonyl (C=O) groups excluding carboxylic acids is 2. The highest BCUT2D eigenvalue weighted by Gasteiger charge is 2.31. The molecule has 17 heteroatoms. The van der Waals surface area contributed by atoms with Crippen LogP contribution in [0.5, 0.6) is 0 Å². The van der Waals surface area contributed by atoms with Crippen molar-refractivity contribution in [2.75, 3.05) is 190 Å². The summed E-state index contributed by atoms with van der Waals surface area (Å²) in [7, 11) is 0. The van der Waals surface area contributed by atoms with Gasteiger partial charge in [0.15, 0.2) is 11.6 Å². The molecule has 0 saturated carbocycles. The van der Waals surface area contributed by atoms with Crippen molar-refractivity contribution in [1.29, 1.82) is 0 Å². The van der Waals surface area contributed by atoms with Crippen LogP contribution in [0.4, 0.5) is 5.69 Å². The molecule has 0 radical (unpaired) electrons. The zero-order valence-electron chi connectivity index (χ0n) is 37.2. The van der Waals surface area contributed by atoms with Gasteiger partial charge in [-0.3, -0.25) is 9.59 Å². The third-order valence-electron chi connectivity index (χ3n) is 9.18. The summed E-state index contributed by atoms with van der Waals surface area (Å²) in [6.45, 7) is 13.7. The molecule has 0 fully saturated rings. The summed E-state index contributed by atoms with van der Waals surface area (Å²) < 4.78 is 71.1. The second kappa shape index (κ2) is 39.4. The molecule has 0 bridgehead atoms. The van der Waals surface area contributed by atoms with Gasteiger partial charge in [-0.15, -0.1) is 0 Å². The van der Waals surface area contributed by atoms with Crippen molar-refractivity contribution in [3.8, 4) is 0 Å². The molecule has 0 atom stereocenters. The molecule has 1 aliphatic rings. The third kappa shape index (κ3) is 26.5. The number of rotatable bonds is 46. The Morgan fingerprint density at radius 2 is 0.651 bits per heavy atom. The van der Waals surface area contributed by atoms with Gasteiger partial charge >= 0.3 is 0 Å². The Balaban J connectivity index is 0.925. The Bertz CT molecular complexity index is 1420. The molecule has 2 aromatic rings. The third-order valence-corrected chi connectivity index (χ3v) is 9.18. The smallest absolute Gasteiger partial charge is 0.196 e. The van der Waals surface area contributed by atoms with Gasteiger partial charge in [0.2, 0.25) is 0 Å². The molecule has 0 unspecified atom stereocenters. The van der Waals surface area contributed by atoms with Crippen LogP contribution in [0.25, 0.3) is 0 Å². The van der Waals surface area contributed by atoms with Gasteiger partial charge in [0.25, 0.3) is 0 Å². The Kier molecular flexibility index (Phi) is 34.0. The van der Waals surface area contributed by atoms with E-state index in [0.717, 1.165) is 37.9 Å². The van der Waals surface area contributed by atoms with Crippen LogP contribution in [-0.2, 0) is 61.6 Å². The van der Waals surface area contributed by atoms with Crippen molar-refractivity contribution in [3.63, 3.8) is 0 Å². The van der Waals surface area contributed by atoms with Gasteiger partial charge in [-0.25, -0.2) is 0 Å². The fraction of sp³-hybridized carbons (Fsp3) is 0.696. The topological polar surface area (TPSA) is 186 Å². The summed E-state index contributed by atoms with van der Waals surface area (Å²) in [4.78, 5) is 26.1. The normalized spacial score (nSPS) is 12.3. The van der Waals surface area contributed by atoms with E-state index < -0.39 is 0 Å². The van der Waals surface area contributed by atoms with Crippen LogP contribution in [0.15, 0.2) is 42.5 Å². The highest BCUT2D eigenvalue weighted by molar-refractivity contribution is 6.30. The standard InChI is InChI=1S/C46H73NO16/c48-13-15-52-17-19-54-21-23-56-25-27-58-29-31-60-33-35-62-37-39-63-38-36-61-34-32-59-30-28-57-26-24-55-22-20-53-18-16-51-14-6-2-1-5-12-47-43-11-7-10-42-44(43)46(50)41-9-4-3-8-40(41)45(42)49/h3-4,7-11,47-48H,1-2,5-6,12-39H2. The first-order valence-electron chi connectivity index (χ1n) is 22.4. The number of aliphatic hydroxyl groups excluding tert-OH is 1. The lowest BCUT2D eigenvalue weighted by atomic mass is 9.83. The van der Waals surface area contributed by atoms with Crippen LogP contribution in [0, 0.1) is 0 Å². The van der Waals surface area contributed by atoms with Crippen LogP contribution in [0.1, 0.15) is 57.5 Å². The molecule has 0 aromatic heterocycles. The van der Waals surface area contributed by atoms with Crippen molar-refractivity contribution in [2.45, 2.75) is 25.7 Å². The molecule has 3 rings (SSSR count). The maximum absolute atomic E-state index is 13.1. The second-order valence-electron chi connectivity index (χ2n) is 14.0. The van der Waals surface area contributed by atoms with Gasteiger partial charge < -0.3 is 72.0 Å². The van der Waals surface area contributed by atoms with Crippen molar-refractivity contribution in [2.24, 2.45) is 0 Å². The van der Waals surface area contributed by atoms with Crippen LogP contribution in [0.2, 0.25) is 0 Å². The minimum Gasteiger partial charge on any atom is -0.394 e. The lowest BCUT2D eigenvalue weighted by Gasteiger charge is -2.20. The number of unbranched alkanes of at least 4 members (excludes halogenated alkanes) is 3. The minimum atomic E-state index is -0.103. The van der Waals surface area contributed by atoms with E-state index in [1.54, 1.807) is 30.3 Å². The monoisotopic (exact) mass is 895 g/mol.